The third-order valence-electron chi connectivity index (χ3n) is 2.11. The van der Waals surface area contributed by atoms with Crippen LogP contribution in [0.15, 0.2) is 48.5 Å². The molecule has 4 N–H and O–H groups in total. The van der Waals surface area contributed by atoms with Gasteiger partial charge in [-0.2, -0.15) is 0 Å². The lowest BCUT2D eigenvalue weighted by Crippen LogP contribution is -1.84. The maximum absolute atomic E-state index is 8.65. The quantitative estimate of drug-likeness (QED) is 0.625. The van der Waals surface area contributed by atoms with Gasteiger partial charge in [-0.1, -0.05) is 0 Å². The lowest BCUT2D eigenvalue weighted by molar-refractivity contribution is 0.162. The fourth-order valence-electron chi connectivity index (χ4n) is 1.11. The van der Waals surface area contributed by atoms with Crippen LogP contribution in [0.1, 0.15) is 13.8 Å². The number of hydrogen-bond donors (Lipinski definition) is 4. The van der Waals surface area contributed by atoms with Crippen molar-refractivity contribution in [2.45, 2.75) is 13.8 Å². The molecule has 0 heterocycles. The summed E-state index contributed by atoms with van der Waals surface area (Å²) in [6, 6.07) is 11.4. The van der Waals surface area contributed by atoms with E-state index in [1.807, 2.05) is 13.8 Å². The third-order valence-corrected chi connectivity index (χ3v) is 2.11. The zero-order valence-corrected chi connectivity index (χ0v) is 14.6. The van der Waals surface area contributed by atoms with Crippen LogP contribution in [0.25, 0.3) is 0 Å². The van der Waals surface area contributed by atoms with Crippen molar-refractivity contribution in [3.63, 3.8) is 0 Å². The summed E-state index contributed by atoms with van der Waals surface area (Å²) >= 11 is 0. The van der Waals surface area contributed by atoms with Crippen molar-refractivity contribution in [2.75, 3.05) is 27.4 Å². The third kappa shape index (κ3) is 17.6. The molecule has 0 radical (unpaired) electrons. The van der Waals surface area contributed by atoms with E-state index in [1.165, 1.54) is 48.5 Å². The minimum absolute atomic E-state index is 0.169. The first-order valence-electron chi connectivity index (χ1n) is 7.35. The van der Waals surface area contributed by atoms with Crippen molar-refractivity contribution in [3.05, 3.63) is 48.5 Å². The van der Waals surface area contributed by atoms with Gasteiger partial charge >= 0.3 is 0 Å². The fraction of sp³-hybridized carbons (Fsp3) is 0.333. The van der Waals surface area contributed by atoms with Crippen molar-refractivity contribution in [1.29, 1.82) is 0 Å². The van der Waals surface area contributed by atoms with Crippen LogP contribution in [0.2, 0.25) is 0 Å². The number of aromatic hydroxyl groups is 4. The van der Waals surface area contributed by atoms with E-state index in [-0.39, 0.29) is 23.0 Å². The summed E-state index contributed by atoms with van der Waals surface area (Å²) in [5.74, 6) is 0.677. The Labute approximate surface area is 143 Å². The van der Waals surface area contributed by atoms with Crippen LogP contribution < -0.4 is 0 Å². The van der Waals surface area contributed by atoms with Crippen LogP contribution in [0.3, 0.4) is 0 Å². The second kappa shape index (κ2) is 16.9. The monoisotopic (exact) mass is 340 g/mol. The number of hydrogen-bond acceptors (Lipinski definition) is 6. The highest BCUT2D eigenvalue weighted by Gasteiger charge is 1.85. The number of methoxy groups -OCH3 is 1. The predicted octanol–water partition coefficient (Wildman–Crippen LogP) is 3.50. The van der Waals surface area contributed by atoms with Crippen LogP contribution >= 0.6 is 0 Å². The van der Waals surface area contributed by atoms with Crippen molar-refractivity contribution < 1.29 is 29.9 Å². The number of rotatable bonds is 2. The van der Waals surface area contributed by atoms with E-state index in [0.717, 1.165) is 13.2 Å². The molecular formula is C18H28O6. The maximum atomic E-state index is 8.65. The van der Waals surface area contributed by atoms with E-state index in [9.17, 15) is 0 Å². The fourth-order valence-corrected chi connectivity index (χ4v) is 1.11. The molecule has 2 rings (SSSR count). The van der Waals surface area contributed by atoms with Gasteiger partial charge < -0.3 is 29.9 Å². The predicted molar refractivity (Wildman–Crippen MR) is 94.6 cm³/mol. The molecule has 0 spiro atoms. The van der Waals surface area contributed by atoms with Gasteiger partial charge in [0.1, 0.15) is 23.0 Å². The molecule has 0 saturated heterocycles. The molecule has 136 valence electrons. The highest BCUT2D eigenvalue weighted by molar-refractivity contribution is 5.29. The number of benzene rings is 2. The molecule has 24 heavy (non-hydrogen) atoms. The van der Waals surface area contributed by atoms with Gasteiger partial charge in [-0.3, -0.25) is 0 Å². The molecule has 0 atom stereocenters. The first-order chi connectivity index (χ1) is 11.4. The summed E-state index contributed by atoms with van der Waals surface area (Å²) in [5.41, 5.74) is 0. The largest absolute Gasteiger partial charge is 0.508 e. The van der Waals surface area contributed by atoms with E-state index in [1.54, 1.807) is 14.2 Å². The molecule has 0 amide bonds. The van der Waals surface area contributed by atoms with Gasteiger partial charge in [-0.25, -0.2) is 0 Å². The maximum Gasteiger partial charge on any atom is 0.115 e. The van der Waals surface area contributed by atoms with Crippen molar-refractivity contribution in [2.24, 2.45) is 0 Å². The van der Waals surface area contributed by atoms with E-state index < -0.39 is 0 Å². The summed E-state index contributed by atoms with van der Waals surface area (Å²) in [5, 5.41) is 34.6. The van der Waals surface area contributed by atoms with Crippen LogP contribution in [0.4, 0.5) is 0 Å². The second-order valence-electron chi connectivity index (χ2n) is 4.22. The molecule has 2 aromatic rings. The zero-order valence-electron chi connectivity index (χ0n) is 14.6. The molecule has 2 aromatic carbocycles. The molecule has 0 aliphatic rings. The molecule has 0 aromatic heterocycles. The van der Waals surface area contributed by atoms with Crippen LogP contribution in [-0.2, 0) is 9.47 Å². The van der Waals surface area contributed by atoms with Crippen molar-refractivity contribution >= 4 is 0 Å². The summed E-state index contributed by atoms with van der Waals surface area (Å²) in [7, 11) is 3.25. The number of ether oxygens (including phenoxy) is 2. The molecule has 0 unspecified atom stereocenters. The van der Waals surface area contributed by atoms with Crippen LogP contribution in [0, 0.1) is 0 Å². The number of phenols is 4. The lowest BCUT2D eigenvalue weighted by Gasteiger charge is -1.88. The molecule has 6 heteroatoms. The average Bonchev–Trinajstić information content (AvgIpc) is 2.56. The molecule has 0 saturated carbocycles. The molecule has 6 nitrogen and oxygen atoms in total. The Balaban J connectivity index is 0. The molecule has 0 fully saturated rings. The topological polar surface area (TPSA) is 99.4 Å². The summed E-state index contributed by atoms with van der Waals surface area (Å²) in [6.45, 7) is 5.67. The molecular weight excluding hydrogens is 312 g/mol. The summed E-state index contributed by atoms with van der Waals surface area (Å²) < 4.78 is 9.08. The first-order valence-corrected chi connectivity index (χ1v) is 7.35. The van der Waals surface area contributed by atoms with Gasteiger partial charge in [0.25, 0.3) is 0 Å². The Hall–Kier alpha value is -2.44. The summed E-state index contributed by atoms with van der Waals surface area (Å²) in [6.07, 6.45) is 0. The number of phenolic OH excluding ortho intramolecular Hbond substituents is 4. The average molecular weight is 340 g/mol. The zero-order chi connectivity index (χ0) is 18.8. The molecule has 0 aliphatic heterocycles. The summed E-state index contributed by atoms with van der Waals surface area (Å²) in [4.78, 5) is 0. The standard InChI is InChI=1S/2C6H6O2.C4H10O.C2H6O/c2*7-5-1-2-6(8)4-3-5;1-3-5-4-2;1-3-2/h2*1-4,7-8H;3-4H2,1-2H3;1-2H3. The van der Waals surface area contributed by atoms with E-state index in [4.69, 9.17) is 25.2 Å². The second-order valence-corrected chi connectivity index (χ2v) is 4.22. The van der Waals surface area contributed by atoms with Gasteiger partial charge in [-0.15, -0.1) is 0 Å². The first kappa shape index (κ1) is 23.8. The van der Waals surface area contributed by atoms with Crippen LogP contribution in [-0.4, -0.2) is 47.9 Å². The Morgan fingerprint density at radius 3 is 0.833 bits per heavy atom. The minimum atomic E-state index is 0.169. The normalized spacial score (nSPS) is 8.50. The SMILES string of the molecule is CCOCC.COC.Oc1ccc(O)cc1.Oc1ccc(O)cc1. The Morgan fingerprint density at radius 1 is 0.583 bits per heavy atom. The van der Waals surface area contributed by atoms with Crippen LogP contribution in [0.5, 0.6) is 23.0 Å². The Bertz CT molecular complexity index is 394. The van der Waals surface area contributed by atoms with Gasteiger partial charge in [0, 0.05) is 27.4 Å². The molecule has 0 aliphatic carbocycles. The van der Waals surface area contributed by atoms with Gasteiger partial charge in [0.05, 0.1) is 0 Å². The van der Waals surface area contributed by atoms with E-state index in [2.05, 4.69) is 4.74 Å². The van der Waals surface area contributed by atoms with E-state index >= 15 is 0 Å². The van der Waals surface area contributed by atoms with Gasteiger partial charge in [-0.05, 0) is 62.4 Å². The highest BCUT2D eigenvalue weighted by Crippen LogP contribution is 2.13. The van der Waals surface area contributed by atoms with Gasteiger partial charge in [0.2, 0.25) is 0 Å². The lowest BCUT2D eigenvalue weighted by atomic mass is 10.3. The Morgan fingerprint density at radius 2 is 0.750 bits per heavy atom. The van der Waals surface area contributed by atoms with Crippen molar-refractivity contribution in [1.82, 2.24) is 0 Å². The minimum Gasteiger partial charge on any atom is -0.508 e. The van der Waals surface area contributed by atoms with E-state index in [0.29, 0.717) is 0 Å². The van der Waals surface area contributed by atoms with Crippen molar-refractivity contribution in [3.8, 4) is 23.0 Å². The van der Waals surface area contributed by atoms with Gasteiger partial charge in [0.15, 0.2) is 0 Å². The highest BCUT2D eigenvalue weighted by atomic mass is 16.5. The molecule has 0 bridgehead atoms. The Kier molecular flexibility index (Phi) is 16.8. The smallest absolute Gasteiger partial charge is 0.115 e.